The van der Waals surface area contributed by atoms with Crippen LogP contribution in [0.15, 0.2) is 17.3 Å². The van der Waals surface area contributed by atoms with Gasteiger partial charge in [0, 0.05) is 18.0 Å². The molecule has 1 unspecified atom stereocenters. The van der Waals surface area contributed by atoms with Crippen LogP contribution in [0, 0.1) is 0 Å². The van der Waals surface area contributed by atoms with Crippen LogP contribution in [0.5, 0.6) is 0 Å². The largest absolute Gasteiger partial charge is 0.417 e. The second kappa shape index (κ2) is 6.33. The zero-order valence-electron chi connectivity index (χ0n) is 10.1. The van der Waals surface area contributed by atoms with E-state index >= 15 is 0 Å². The Kier molecular flexibility index (Phi) is 4.97. The number of halogens is 4. The molecule has 0 bridgehead atoms. The molecule has 1 aliphatic rings. The number of nitrogens with one attached hydrogen (secondary N) is 1. The van der Waals surface area contributed by atoms with Crippen LogP contribution in [0.3, 0.4) is 0 Å². The predicted octanol–water partition coefficient (Wildman–Crippen LogP) is 3.99. The minimum atomic E-state index is -4.40. The van der Waals surface area contributed by atoms with Gasteiger partial charge in [0.2, 0.25) is 0 Å². The molecule has 0 saturated carbocycles. The van der Waals surface area contributed by atoms with Crippen LogP contribution < -0.4 is 5.32 Å². The number of thioether (sulfide) groups is 1. The summed E-state index contributed by atoms with van der Waals surface area (Å²) in [5.74, 6) is 0. The monoisotopic (exact) mass is 310 g/mol. The van der Waals surface area contributed by atoms with Crippen molar-refractivity contribution in [2.24, 2.45) is 0 Å². The highest BCUT2D eigenvalue weighted by Crippen LogP contribution is 2.35. The van der Waals surface area contributed by atoms with E-state index in [2.05, 4.69) is 10.3 Å². The van der Waals surface area contributed by atoms with Crippen LogP contribution in [0.2, 0.25) is 5.02 Å². The van der Waals surface area contributed by atoms with Crippen LogP contribution in [-0.2, 0) is 6.18 Å². The van der Waals surface area contributed by atoms with Gasteiger partial charge in [-0.05, 0) is 25.5 Å². The first kappa shape index (κ1) is 14.9. The summed E-state index contributed by atoms with van der Waals surface area (Å²) in [6.45, 7) is 1.83. The van der Waals surface area contributed by atoms with Crippen molar-refractivity contribution in [3.05, 3.63) is 22.8 Å². The average molecular weight is 311 g/mol. The maximum Gasteiger partial charge on any atom is 0.417 e. The van der Waals surface area contributed by atoms with E-state index < -0.39 is 11.7 Å². The molecule has 2 heterocycles. The quantitative estimate of drug-likeness (QED) is 0.894. The summed E-state index contributed by atoms with van der Waals surface area (Å²) in [6, 6.07) is 0.945. The molecule has 7 heteroatoms. The topological polar surface area (TPSA) is 24.9 Å². The van der Waals surface area contributed by atoms with Gasteiger partial charge in [0.15, 0.2) is 0 Å². The number of nitrogens with zero attached hydrogens (tertiary/aromatic N) is 1. The lowest BCUT2D eigenvalue weighted by Gasteiger charge is -2.14. The first-order valence-corrected chi connectivity index (χ1v) is 7.32. The molecule has 1 aliphatic heterocycles. The highest BCUT2D eigenvalue weighted by Gasteiger charge is 2.31. The van der Waals surface area contributed by atoms with Gasteiger partial charge in [0.1, 0.15) is 5.03 Å². The Morgan fingerprint density at radius 3 is 2.84 bits per heavy atom. The fourth-order valence-corrected chi connectivity index (χ4v) is 3.30. The molecule has 1 N–H and O–H groups in total. The molecule has 0 spiro atoms. The molecular weight excluding hydrogens is 297 g/mol. The highest BCUT2D eigenvalue weighted by atomic mass is 35.5. The van der Waals surface area contributed by atoms with Crippen LogP contribution in [0.4, 0.5) is 13.2 Å². The molecule has 1 fully saturated rings. The van der Waals surface area contributed by atoms with E-state index in [4.69, 9.17) is 11.6 Å². The molecule has 2 nitrogen and oxygen atoms in total. The van der Waals surface area contributed by atoms with Crippen molar-refractivity contribution in [1.29, 1.82) is 0 Å². The minimum absolute atomic E-state index is 0.0732. The molecule has 0 radical (unpaired) electrons. The summed E-state index contributed by atoms with van der Waals surface area (Å²) in [5, 5.41) is 4.16. The van der Waals surface area contributed by atoms with Crippen LogP contribution in [0.25, 0.3) is 0 Å². The molecule has 0 aromatic carbocycles. The third-order valence-corrected chi connectivity index (χ3v) is 4.60. The van der Waals surface area contributed by atoms with Gasteiger partial charge >= 0.3 is 6.18 Å². The fraction of sp³-hybridized carbons (Fsp3) is 0.583. The number of pyridine rings is 1. The lowest BCUT2D eigenvalue weighted by Crippen LogP contribution is -2.22. The normalized spacial score (nSPS) is 21.2. The fourth-order valence-electron chi connectivity index (χ4n) is 1.91. The predicted molar refractivity (Wildman–Crippen MR) is 70.6 cm³/mol. The first-order chi connectivity index (χ1) is 8.97. The molecule has 1 aromatic heterocycles. The Balaban J connectivity index is 2.08. The second-order valence-corrected chi connectivity index (χ2v) is 6.14. The molecule has 19 heavy (non-hydrogen) atoms. The zero-order chi connectivity index (χ0) is 13.9. The Hall–Kier alpha value is -0.460. The minimum Gasteiger partial charge on any atom is -0.316 e. The summed E-state index contributed by atoms with van der Waals surface area (Å²) in [4.78, 5) is 3.85. The molecule has 2 rings (SSSR count). The molecule has 1 atom stereocenters. The number of hydrogen-bond acceptors (Lipinski definition) is 3. The number of alkyl halides is 3. The zero-order valence-corrected chi connectivity index (χ0v) is 11.7. The Morgan fingerprint density at radius 1 is 1.37 bits per heavy atom. The van der Waals surface area contributed by atoms with Gasteiger partial charge in [0.05, 0.1) is 10.6 Å². The van der Waals surface area contributed by atoms with Crippen molar-refractivity contribution < 1.29 is 13.2 Å². The molecule has 0 aliphatic carbocycles. The van der Waals surface area contributed by atoms with E-state index in [0.29, 0.717) is 10.3 Å². The van der Waals surface area contributed by atoms with Crippen LogP contribution in [0.1, 0.15) is 24.8 Å². The number of rotatable bonds is 2. The lowest BCUT2D eigenvalue weighted by atomic mass is 10.2. The van der Waals surface area contributed by atoms with Gasteiger partial charge in [-0.1, -0.05) is 18.0 Å². The van der Waals surface area contributed by atoms with Gasteiger partial charge in [0.25, 0.3) is 0 Å². The molecule has 0 amide bonds. The molecule has 106 valence electrons. The van der Waals surface area contributed by atoms with E-state index in [0.717, 1.165) is 44.6 Å². The number of hydrogen-bond donors (Lipinski definition) is 1. The Bertz CT molecular complexity index is 431. The van der Waals surface area contributed by atoms with Crippen molar-refractivity contribution >= 4 is 23.4 Å². The molecule has 1 aromatic rings. The molecule has 1 saturated heterocycles. The maximum atomic E-state index is 12.5. The van der Waals surface area contributed by atoms with Crippen molar-refractivity contribution in [2.75, 3.05) is 13.1 Å². The second-order valence-electron chi connectivity index (χ2n) is 4.45. The summed E-state index contributed by atoms with van der Waals surface area (Å²) in [7, 11) is 0. The van der Waals surface area contributed by atoms with Crippen LogP contribution >= 0.6 is 23.4 Å². The van der Waals surface area contributed by atoms with E-state index in [1.54, 1.807) is 0 Å². The van der Waals surface area contributed by atoms with E-state index in [9.17, 15) is 13.2 Å². The van der Waals surface area contributed by atoms with Crippen molar-refractivity contribution in [3.63, 3.8) is 0 Å². The Labute approximate surface area is 119 Å². The van der Waals surface area contributed by atoms with Crippen molar-refractivity contribution in [1.82, 2.24) is 10.3 Å². The molecular formula is C12H14ClF3N2S. The Morgan fingerprint density at radius 2 is 2.16 bits per heavy atom. The van der Waals surface area contributed by atoms with Crippen molar-refractivity contribution in [2.45, 2.75) is 35.7 Å². The van der Waals surface area contributed by atoms with E-state index in [1.807, 2.05) is 0 Å². The average Bonchev–Trinajstić information content (AvgIpc) is 2.59. The van der Waals surface area contributed by atoms with Gasteiger partial charge in [-0.3, -0.25) is 0 Å². The SMILES string of the molecule is FC(F)(F)c1cnc(SC2CCCCNC2)c(Cl)c1. The maximum absolute atomic E-state index is 12.5. The standard InChI is InChI=1S/C12H14ClF3N2S/c13-10-5-8(12(14,15)16)6-18-11(10)19-9-3-1-2-4-17-7-9/h5-6,9,17H,1-4,7H2. The lowest BCUT2D eigenvalue weighted by molar-refractivity contribution is -0.137. The number of aromatic nitrogens is 1. The summed E-state index contributed by atoms with van der Waals surface area (Å²) >= 11 is 7.34. The van der Waals surface area contributed by atoms with Gasteiger partial charge in [-0.2, -0.15) is 13.2 Å². The third kappa shape index (κ3) is 4.26. The van der Waals surface area contributed by atoms with E-state index in [-0.39, 0.29) is 5.02 Å². The van der Waals surface area contributed by atoms with Crippen molar-refractivity contribution in [3.8, 4) is 0 Å². The smallest absolute Gasteiger partial charge is 0.316 e. The van der Waals surface area contributed by atoms with E-state index in [1.165, 1.54) is 11.8 Å². The van der Waals surface area contributed by atoms with Crippen LogP contribution in [-0.4, -0.2) is 23.3 Å². The summed E-state index contributed by atoms with van der Waals surface area (Å²) < 4.78 is 37.5. The van der Waals surface area contributed by atoms with Gasteiger partial charge in [-0.15, -0.1) is 11.8 Å². The first-order valence-electron chi connectivity index (χ1n) is 6.07. The third-order valence-electron chi connectivity index (χ3n) is 2.91. The van der Waals surface area contributed by atoms with Gasteiger partial charge < -0.3 is 5.32 Å². The van der Waals surface area contributed by atoms with Gasteiger partial charge in [-0.25, -0.2) is 4.98 Å². The summed E-state index contributed by atoms with van der Waals surface area (Å²) in [5.41, 5.74) is -0.805. The summed E-state index contributed by atoms with van der Waals surface area (Å²) in [6.07, 6.45) is -0.285. The highest BCUT2D eigenvalue weighted by molar-refractivity contribution is 8.00.